The summed E-state index contributed by atoms with van der Waals surface area (Å²) in [6.07, 6.45) is -1.09. The van der Waals surface area contributed by atoms with Gasteiger partial charge in [0.2, 0.25) is 0 Å². The number of hydrogen-bond acceptors (Lipinski definition) is 5. The average Bonchev–Trinajstić information content (AvgIpc) is 2.69. The van der Waals surface area contributed by atoms with Crippen molar-refractivity contribution >= 4 is 12.1 Å². The molecule has 6 nitrogen and oxygen atoms in total. The van der Waals surface area contributed by atoms with Crippen molar-refractivity contribution in [3.8, 4) is 0 Å². The van der Waals surface area contributed by atoms with E-state index in [0.717, 1.165) is 0 Å². The van der Waals surface area contributed by atoms with Crippen molar-refractivity contribution in [1.29, 1.82) is 0 Å². The lowest BCUT2D eigenvalue weighted by Crippen LogP contribution is -2.51. The molecule has 6 heteroatoms. The predicted octanol–water partition coefficient (Wildman–Crippen LogP) is 2.17. The van der Waals surface area contributed by atoms with E-state index in [2.05, 4.69) is 0 Å². The van der Waals surface area contributed by atoms with E-state index < -0.39 is 29.9 Å². The van der Waals surface area contributed by atoms with Crippen LogP contribution in [0.4, 0.5) is 4.79 Å². The van der Waals surface area contributed by atoms with Gasteiger partial charge in [0.1, 0.15) is 11.8 Å². The van der Waals surface area contributed by atoms with Crippen LogP contribution in [-0.2, 0) is 19.0 Å². The van der Waals surface area contributed by atoms with Gasteiger partial charge < -0.3 is 14.2 Å². The van der Waals surface area contributed by atoms with E-state index >= 15 is 0 Å². The number of amides is 1. The van der Waals surface area contributed by atoms with Crippen LogP contribution in [0.3, 0.4) is 0 Å². The van der Waals surface area contributed by atoms with Crippen molar-refractivity contribution in [1.82, 2.24) is 4.90 Å². The summed E-state index contributed by atoms with van der Waals surface area (Å²) in [5, 5.41) is 0. The van der Waals surface area contributed by atoms with E-state index in [1.54, 1.807) is 20.8 Å². The van der Waals surface area contributed by atoms with Crippen LogP contribution in [0.2, 0.25) is 0 Å². The van der Waals surface area contributed by atoms with Crippen LogP contribution in [0.15, 0.2) is 0 Å². The summed E-state index contributed by atoms with van der Waals surface area (Å²) in [6, 6.07) is -0.765. The van der Waals surface area contributed by atoms with Crippen molar-refractivity contribution in [2.45, 2.75) is 59.4 Å². The number of carbonyl (C=O) groups is 2. The second-order valence-corrected chi connectivity index (χ2v) is 6.98. The summed E-state index contributed by atoms with van der Waals surface area (Å²) in [5.41, 5.74) is -0.970. The monoisotopic (exact) mass is 287 g/mol. The standard InChI is InChI=1S/C14H25NO5/c1-13(2,3)11-15(12(17)20-14(4,5)6)9(8-19-11)10(16)18-7/h9,11H,8H2,1-7H3/t9-,11?/m1/s1. The normalized spacial score (nSPS) is 23.6. The van der Waals surface area contributed by atoms with Crippen LogP contribution in [0.5, 0.6) is 0 Å². The number of esters is 1. The van der Waals surface area contributed by atoms with Gasteiger partial charge in [-0.1, -0.05) is 20.8 Å². The lowest BCUT2D eigenvalue weighted by atomic mass is 9.93. The number of rotatable bonds is 1. The fourth-order valence-electron chi connectivity index (χ4n) is 2.03. The van der Waals surface area contributed by atoms with Gasteiger partial charge in [0, 0.05) is 5.41 Å². The van der Waals surface area contributed by atoms with Crippen LogP contribution >= 0.6 is 0 Å². The van der Waals surface area contributed by atoms with E-state index in [4.69, 9.17) is 14.2 Å². The van der Waals surface area contributed by atoms with Crippen molar-refractivity contribution in [3.63, 3.8) is 0 Å². The van der Waals surface area contributed by atoms with Gasteiger partial charge in [-0.3, -0.25) is 4.90 Å². The smallest absolute Gasteiger partial charge is 0.413 e. The molecule has 0 spiro atoms. The molecule has 0 bridgehead atoms. The third-order valence-electron chi connectivity index (χ3n) is 2.82. The average molecular weight is 287 g/mol. The van der Waals surface area contributed by atoms with Crippen LogP contribution in [0.1, 0.15) is 41.5 Å². The maximum absolute atomic E-state index is 12.4. The number of ether oxygens (including phenoxy) is 3. The van der Waals surface area contributed by atoms with Crippen LogP contribution in [-0.4, -0.2) is 48.5 Å². The van der Waals surface area contributed by atoms with E-state index in [1.807, 2.05) is 20.8 Å². The number of methoxy groups -OCH3 is 1. The van der Waals surface area contributed by atoms with Crippen molar-refractivity contribution < 1.29 is 23.8 Å². The molecule has 1 fully saturated rings. The lowest BCUT2D eigenvalue weighted by Gasteiger charge is -2.35. The highest BCUT2D eigenvalue weighted by Crippen LogP contribution is 2.33. The molecule has 0 N–H and O–H groups in total. The molecule has 0 aliphatic carbocycles. The minimum atomic E-state index is -0.765. The zero-order valence-electron chi connectivity index (χ0n) is 13.4. The Morgan fingerprint density at radius 2 is 1.70 bits per heavy atom. The Bertz CT molecular complexity index is 380. The lowest BCUT2D eigenvalue weighted by molar-refractivity contribution is -0.146. The molecule has 1 amide bonds. The molecule has 0 aromatic heterocycles. The van der Waals surface area contributed by atoms with Crippen LogP contribution in [0.25, 0.3) is 0 Å². The number of nitrogens with zero attached hydrogens (tertiary/aromatic N) is 1. The van der Waals surface area contributed by atoms with Gasteiger partial charge in [0.25, 0.3) is 0 Å². The Morgan fingerprint density at radius 3 is 2.10 bits per heavy atom. The molecule has 0 aromatic rings. The molecular weight excluding hydrogens is 262 g/mol. The molecule has 20 heavy (non-hydrogen) atoms. The van der Waals surface area contributed by atoms with E-state index in [-0.39, 0.29) is 12.0 Å². The summed E-state index contributed by atoms with van der Waals surface area (Å²) in [5.74, 6) is -0.498. The summed E-state index contributed by atoms with van der Waals surface area (Å²) < 4.78 is 15.7. The molecule has 1 saturated heterocycles. The number of hydrogen-bond donors (Lipinski definition) is 0. The largest absolute Gasteiger partial charge is 0.467 e. The fraction of sp³-hybridized carbons (Fsp3) is 0.857. The first-order valence-electron chi connectivity index (χ1n) is 6.68. The molecule has 0 radical (unpaired) electrons. The SMILES string of the molecule is COC(=O)[C@H]1COC(C(C)(C)C)N1C(=O)OC(C)(C)C. The van der Waals surface area contributed by atoms with Crippen LogP contribution < -0.4 is 0 Å². The third-order valence-corrected chi connectivity index (χ3v) is 2.82. The van der Waals surface area contributed by atoms with E-state index in [9.17, 15) is 9.59 Å². The molecule has 1 rings (SSSR count). The highest BCUT2D eigenvalue weighted by molar-refractivity contribution is 5.82. The van der Waals surface area contributed by atoms with Gasteiger partial charge in [-0.15, -0.1) is 0 Å². The first-order valence-corrected chi connectivity index (χ1v) is 6.68. The Hall–Kier alpha value is -1.30. The van der Waals surface area contributed by atoms with Crippen molar-refractivity contribution in [3.05, 3.63) is 0 Å². The molecule has 2 atom stereocenters. The van der Waals surface area contributed by atoms with E-state index in [0.29, 0.717) is 0 Å². The Labute approximate surface area is 120 Å². The molecule has 1 heterocycles. The van der Waals surface area contributed by atoms with Gasteiger partial charge in [-0.25, -0.2) is 9.59 Å². The Balaban J connectivity index is 3.02. The van der Waals surface area contributed by atoms with Gasteiger partial charge in [0.05, 0.1) is 13.7 Å². The molecule has 1 aliphatic rings. The van der Waals surface area contributed by atoms with Crippen LogP contribution in [0, 0.1) is 5.41 Å². The van der Waals surface area contributed by atoms with E-state index in [1.165, 1.54) is 12.0 Å². The molecule has 1 unspecified atom stereocenters. The third kappa shape index (κ3) is 3.85. The molecule has 0 saturated carbocycles. The zero-order chi connectivity index (χ0) is 15.7. The van der Waals surface area contributed by atoms with Gasteiger partial charge >= 0.3 is 12.1 Å². The maximum Gasteiger partial charge on any atom is 0.413 e. The summed E-state index contributed by atoms with van der Waals surface area (Å²) in [6.45, 7) is 11.3. The first kappa shape index (κ1) is 16.8. The Morgan fingerprint density at radius 1 is 1.15 bits per heavy atom. The number of carbonyl (C=O) groups excluding carboxylic acids is 2. The summed E-state index contributed by atoms with van der Waals surface area (Å²) in [4.78, 5) is 25.5. The topological polar surface area (TPSA) is 65.1 Å². The Kier molecular flexibility index (Phi) is 4.69. The molecular formula is C14H25NO5. The fourth-order valence-corrected chi connectivity index (χ4v) is 2.03. The minimum absolute atomic E-state index is 0.119. The first-order chi connectivity index (χ1) is 8.97. The molecule has 116 valence electrons. The second-order valence-electron chi connectivity index (χ2n) is 6.98. The van der Waals surface area contributed by atoms with Gasteiger partial charge in [0.15, 0.2) is 6.04 Å². The van der Waals surface area contributed by atoms with Gasteiger partial charge in [-0.2, -0.15) is 0 Å². The van der Waals surface area contributed by atoms with Crippen molar-refractivity contribution in [2.75, 3.05) is 13.7 Å². The zero-order valence-corrected chi connectivity index (χ0v) is 13.4. The summed E-state index contributed by atoms with van der Waals surface area (Å²) in [7, 11) is 1.29. The summed E-state index contributed by atoms with van der Waals surface area (Å²) >= 11 is 0. The highest BCUT2D eigenvalue weighted by Gasteiger charge is 2.48. The maximum atomic E-state index is 12.4. The highest BCUT2D eigenvalue weighted by atomic mass is 16.6. The molecule has 0 aromatic carbocycles. The van der Waals surface area contributed by atoms with Gasteiger partial charge in [-0.05, 0) is 20.8 Å². The minimum Gasteiger partial charge on any atom is -0.467 e. The predicted molar refractivity (Wildman–Crippen MR) is 73.1 cm³/mol. The second kappa shape index (κ2) is 5.60. The molecule has 1 aliphatic heterocycles. The van der Waals surface area contributed by atoms with Crippen molar-refractivity contribution in [2.24, 2.45) is 5.41 Å². The quantitative estimate of drug-likeness (QED) is 0.691.